The number of hydrogen-bond donors (Lipinski definition) is 6. The molecule has 1 aliphatic rings. The molecule has 14 nitrogen and oxygen atoms in total. The Hall–Kier alpha value is -1.25. The molecule has 0 radical (unpaired) electrons. The number of nitrogens with zero attached hydrogens (tertiary/aromatic N) is 3. The first-order valence-electron chi connectivity index (χ1n) is 7.68. The van der Waals surface area contributed by atoms with Crippen molar-refractivity contribution in [3.63, 3.8) is 0 Å². The van der Waals surface area contributed by atoms with E-state index in [1.807, 2.05) is 0 Å². The van der Waals surface area contributed by atoms with Gasteiger partial charge in [0.1, 0.15) is 17.3 Å². The van der Waals surface area contributed by atoms with Gasteiger partial charge in [-0.15, -0.1) is 0 Å². The number of fused-ring (bicyclic) bond motifs is 1. The standard InChI is InChI=1S/C11H17N5O9P2S/c1-4-5(2-23-27(21,22)25-26(18,19)20)24-10(7(4)17)16-3-13-6-8(16)14-11(12)15-9(6)28/h3-5,7,10,17H,2H2,1H3,(H,21,22)(H2,18,19,20)(H3,12,14,15,28)/t4?,5-,7-,10-/m1/s1. The molecule has 0 aliphatic carbocycles. The van der Waals surface area contributed by atoms with Crippen molar-refractivity contribution in [1.82, 2.24) is 19.5 Å². The van der Waals surface area contributed by atoms with Crippen LogP contribution in [0.2, 0.25) is 0 Å². The SMILES string of the molecule is CC1[C@@H](O)[C@H](n2cnc3c(=S)nc(N)[nH]c32)O[C@@H]1COP(=O)(O)OP(=O)(O)O. The number of nitrogens with two attached hydrogens (primary N) is 1. The van der Waals surface area contributed by atoms with Gasteiger partial charge < -0.3 is 35.2 Å². The van der Waals surface area contributed by atoms with Crippen LogP contribution in [0.4, 0.5) is 5.95 Å². The second kappa shape index (κ2) is 7.54. The van der Waals surface area contributed by atoms with Gasteiger partial charge in [-0.2, -0.15) is 4.31 Å². The summed E-state index contributed by atoms with van der Waals surface area (Å²) >= 11 is 5.08. The Bertz CT molecular complexity index is 1040. The Labute approximate surface area is 162 Å². The molecule has 5 atom stereocenters. The van der Waals surface area contributed by atoms with E-state index in [2.05, 4.69) is 23.8 Å². The fourth-order valence-electron chi connectivity index (χ4n) is 2.76. The fourth-order valence-corrected chi connectivity index (χ4v) is 4.60. The van der Waals surface area contributed by atoms with Crippen molar-refractivity contribution < 1.29 is 42.5 Å². The van der Waals surface area contributed by atoms with Crippen LogP contribution in [-0.4, -0.2) is 58.1 Å². The van der Waals surface area contributed by atoms with Crippen LogP contribution in [0.3, 0.4) is 0 Å². The first kappa shape index (κ1) is 21.5. The molecule has 156 valence electrons. The molecule has 7 N–H and O–H groups in total. The number of ether oxygens (including phenoxy) is 1. The van der Waals surface area contributed by atoms with E-state index in [4.69, 9.17) is 32.5 Å². The number of aromatic amines is 1. The summed E-state index contributed by atoms with van der Waals surface area (Å²) in [5.74, 6) is -0.546. The monoisotopic (exact) mass is 457 g/mol. The molecule has 2 aromatic heterocycles. The average Bonchev–Trinajstić information content (AvgIpc) is 3.06. The molecule has 2 aromatic rings. The highest BCUT2D eigenvalue weighted by Gasteiger charge is 2.44. The van der Waals surface area contributed by atoms with E-state index in [0.29, 0.717) is 11.2 Å². The van der Waals surface area contributed by atoms with Crippen LogP contribution >= 0.6 is 27.9 Å². The highest BCUT2D eigenvalue weighted by atomic mass is 32.1. The van der Waals surface area contributed by atoms with Crippen molar-refractivity contribution in [2.24, 2.45) is 5.92 Å². The summed E-state index contributed by atoms with van der Waals surface area (Å²) in [5.41, 5.74) is 6.34. The lowest BCUT2D eigenvalue weighted by atomic mass is 10.0. The minimum atomic E-state index is -5.24. The first-order valence-corrected chi connectivity index (χ1v) is 11.1. The normalized spacial score (nSPS) is 27.9. The van der Waals surface area contributed by atoms with Crippen LogP contribution in [0.5, 0.6) is 0 Å². The molecule has 0 saturated carbocycles. The van der Waals surface area contributed by atoms with E-state index in [0.717, 1.165) is 0 Å². The predicted octanol–water partition coefficient (Wildman–Crippen LogP) is 0.192. The number of phosphoric acid groups is 2. The molecule has 3 heterocycles. The molecule has 3 rings (SSSR count). The van der Waals surface area contributed by atoms with Crippen molar-refractivity contribution in [2.75, 3.05) is 12.3 Å². The van der Waals surface area contributed by atoms with Crippen LogP contribution in [0.1, 0.15) is 13.2 Å². The number of imidazole rings is 1. The zero-order valence-electron chi connectivity index (χ0n) is 14.1. The number of aliphatic hydroxyl groups excluding tert-OH is 1. The number of hydrogen-bond acceptors (Lipinski definition) is 10. The van der Waals surface area contributed by atoms with Gasteiger partial charge >= 0.3 is 15.6 Å². The van der Waals surface area contributed by atoms with Gasteiger partial charge in [-0.3, -0.25) is 9.09 Å². The third-order valence-electron chi connectivity index (χ3n) is 4.08. The second-order valence-corrected chi connectivity index (χ2v) is 9.24. The highest BCUT2D eigenvalue weighted by molar-refractivity contribution is 7.71. The molecule has 0 amide bonds. The average molecular weight is 457 g/mol. The van der Waals surface area contributed by atoms with E-state index >= 15 is 0 Å². The molecule has 2 unspecified atom stereocenters. The van der Waals surface area contributed by atoms with Gasteiger partial charge in [-0.1, -0.05) is 19.1 Å². The lowest BCUT2D eigenvalue weighted by Gasteiger charge is -2.18. The maximum atomic E-state index is 11.6. The number of anilines is 1. The summed E-state index contributed by atoms with van der Waals surface area (Å²) in [4.78, 5) is 37.4. The lowest BCUT2D eigenvalue weighted by Crippen LogP contribution is -2.26. The van der Waals surface area contributed by atoms with Crippen molar-refractivity contribution in [1.29, 1.82) is 0 Å². The third kappa shape index (κ3) is 4.49. The number of nitrogens with one attached hydrogen (secondary N) is 1. The smallest absolute Gasteiger partial charge is 0.388 e. The molecular formula is C11H17N5O9P2S. The molecule has 0 aromatic carbocycles. The topological polar surface area (TPSA) is 215 Å². The molecule has 0 bridgehead atoms. The van der Waals surface area contributed by atoms with Crippen molar-refractivity contribution in [3.05, 3.63) is 11.0 Å². The van der Waals surface area contributed by atoms with Crippen molar-refractivity contribution >= 4 is 45.0 Å². The van der Waals surface area contributed by atoms with Crippen molar-refractivity contribution in [2.45, 2.75) is 25.4 Å². The van der Waals surface area contributed by atoms with Crippen molar-refractivity contribution in [3.8, 4) is 0 Å². The maximum Gasteiger partial charge on any atom is 0.481 e. The van der Waals surface area contributed by atoms with Gasteiger partial charge in [0.15, 0.2) is 16.8 Å². The van der Waals surface area contributed by atoms with E-state index in [-0.39, 0.29) is 10.6 Å². The van der Waals surface area contributed by atoms with Crippen LogP contribution in [0, 0.1) is 10.6 Å². The minimum Gasteiger partial charge on any atom is -0.388 e. The maximum absolute atomic E-state index is 11.6. The lowest BCUT2D eigenvalue weighted by molar-refractivity contribution is -0.0485. The Balaban J connectivity index is 1.79. The number of aromatic nitrogens is 4. The summed E-state index contributed by atoms with van der Waals surface area (Å²) in [5, 5.41) is 10.5. The molecule has 28 heavy (non-hydrogen) atoms. The highest BCUT2D eigenvalue weighted by Crippen LogP contribution is 2.57. The van der Waals surface area contributed by atoms with E-state index < -0.39 is 46.6 Å². The molecule has 17 heteroatoms. The van der Waals surface area contributed by atoms with Crippen LogP contribution in [-0.2, 0) is 22.7 Å². The van der Waals surface area contributed by atoms with Crippen LogP contribution in [0.15, 0.2) is 6.33 Å². The van der Waals surface area contributed by atoms with Crippen LogP contribution in [0.25, 0.3) is 11.2 Å². The van der Waals surface area contributed by atoms with E-state index in [1.165, 1.54) is 10.9 Å². The van der Waals surface area contributed by atoms with E-state index in [1.54, 1.807) is 6.92 Å². The quantitative estimate of drug-likeness (QED) is 0.253. The molecule has 1 aliphatic heterocycles. The minimum absolute atomic E-state index is 0.0375. The molecule has 0 spiro atoms. The second-order valence-electron chi connectivity index (χ2n) is 6.03. The van der Waals surface area contributed by atoms with E-state index in [9.17, 15) is 19.1 Å². The van der Waals surface area contributed by atoms with Gasteiger partial charge in [0.25, 0.3) is 0 Å². The van der Waals surface area contributed by atoms with Gasteiger partial charge in [-0.25, -0.2) is 19.1 Å². The zero-order chi connectivity index (χ0) is 20.9. The summed E-state index contributed by atoms with van der Waals surface area (Å²) in [6.45, 7) is 1.02. The Kier molecular flexibility index (Phi) is 5.78. The van der Waals surface area contributed by atoms with Gasteiger partial charge in [0.05, 0.1) is 19.0 Å². The summed E-state index contributed by atoms with van der Waals surface area (Å²) < 4.78 is 37.9. The molecular weight excluding hydrogens is 440 g/mol. The zero-order valence-corrected chi connectivity index (χ0v) is 16.8. The Morgan fingerprint density at radius 2 is 2.11 bits per heavy atom. The summed E-state index contributed by atoms with van der Waals surface area (Å²) in [6, 6.07) is 0. The summed E-state index contributed by atoms with van der Waals surface area (Å²) in [6.07, 6.45) is -1.60. The molecule has 1 saturated heterocycles. The molecule has 1 fully saturated rings. The van der Waals surface area contributed by atoms with Crippen LogP contribution < -0.4 is 5.73 Å². The number of rotatable bonds is 6. The largest absolute Gasteiger partial charge is 0.481 e. The predicted molar refractivity (Wildman–Crippen MR) is 95.1 cm³/mol. The Morgan fingerprint density at radius 1 is 1.43 bits per heavy atom. The number of nitrogen functional groups attached to an aromatic ring is 1. The third-order valence-corrected chi connectivity index (χ3v) is 6.52. The first-order chi connectivity index (χ1) is 12.9. The van der Waals surface area contributed by atoms with Gasteiger partial charge in [0, 0.05) is 5.92 Å². The number of phosphoric ester groups is 1. The number of H-pyrrole nitrogens is 1. The van der Waals surface area contributed by atoms with Gasteiger partial charge in [0.2, 0.25) is 0 Å². The summed E-state index contributed by atoms with van der Waals surface area (Å²) in [7, 11) is -10.3. The fraction of sp³-hybridized carbons (Fsp3) is 0.545. The van der Waals surface area contributed by atoms with Gasteiger partial charge in [-0.05, 0) is 0 Å². The number of aliphatic hydroxyl groups is 1. The Morgan fingerprint density at radius 3 is 2.75 bits per heavy atom.